The largest absolute Gasteiger partial charge is 0.394 e. The molecule has 3 fully saturated rings. The molecule has 1 aromatic rings. The maximum Gasteiger partial charge on any atom is 0.249 e. The lowest BCUT2D eigenvalue weighted by atomic mass is 9.64. The molecule has 8 heteroatoms. The normalized spacial score (nSPS) is 29.0. The van der Waals surface area contributed by atoms with Crippen molar-refractivity contribution in [2.45, 2.75) is 83.2 Å². The number of likely N-dealkylation sites (tertiary alicyclic amines) is 1. The second kappa shape index (κ2) is 12.5. The van der Waals surface area contributed by atoms with Crippen molar-refractivity contribution in [2.75, 3.05) is 26.2 Å². The van der Waals surface area contributed by atoms with Crippen molar-refractivity contribution in [1.82, 2.24) is 14.7 Å². The van der Waals surface area contributed by atoms with E-state index in [1.54, 1.807) is 26.9 Å². The molecule has 224 valence electrons. The van der Waals surface area contributed by atoms with Crippen LogP contribution < -0.4 is 0 Å². The summed E-state index contributed by atoms with van der Waals surface area (Å²) in [7, 11) is 0. The number of ether oxygens (including phenoxy) is 1. The summed E-state index contributed by atoms with van der Waals surface area (Å²) >= 11 is 0. The molecule has 0 aliphatic carbocycles. The molecule has 4 rings (SSSR count). The molecule has 1 aromatic carbocycles. The average molecular weight is 566 g/mol. The quantitative estimate of drug-likeness (QED) is 0.347. The number of nitrogens with zero attached hydrogens (tertiary/aromatic N) is 3. The van der Waals surface area contributed by atoms with Gasteiger partial charge in [-0.2, -0.15) is 0 Å². The number of benzene rings is 1. The first-order valence-corrected chi connectivity index (χ1v) is 15.1. The van der Waals surface area contributed by atoms with Crippen molar-refractivity contribution in [3.05, 3.63) is 61.2 Å². The minimum atomic E-state index is -1.14. The van der Waals surface area contributed by atoms with Gasteiger partial charge in [0.15, 0.2) is 0 Å². The Morgan fingerprint density at radius 2 is 1.76 bits per heavy atom. The molecule has 1 N–H and O–H groups in total. The molecule has 3 saturated heterocycles. The molecular formula is C33H47N3O5. The molecule has 3 heterocycles. The molecule has 3 aliphatic rings. The van der Waals surface area contributed by atoms with Crippen LogP contribution in [0.15, 0.2) is 55.6 Å². The van der Waals surface area contributed by atoms with Gasteiger partial charge in [-0.15, -0.1) is 13.2 Å². The first kappa shape index (κ1) is 31.0. The van der Waals surface area contributed by atoms with Crippen molar-refractivity contribution in [3.8, 4) is 0 Å². The number of amides is 3. The zero-order valence-corrected chi connectivity index (χ0v) is 25.1. The predicted molar refractivity (Wildman–Crippen MR) is 159 cm³/mol. The number of hydrogen-bond acceptors (Lipinski definition) is 5. The van der Waals surface area contributed by atoms with Crippen LogP contribution in [0.5, 0.6) is 0 Å². The second-order valence-electron chi connectivity index (χ2n) is 12.1. The fraction of sp³-hybridized carbons (Fsp3) is 0.606. The third kappa shape index (κ3) is 5.14. The third-order valence-corrected chi connectivity index (χ3v) is 9.46. The van der Waals surface area contributed by atoms with E-state index >= 15 is 0 Å². The van der Waals surface area contributed by atoms with Gasteiger partial charge in [0.1, 0.15) is 11.6 Å². The van der Waals surface area contributed by atoms with Gasteiger partial charge in [-0.05, 0) is 37.2 Å². The van der Waals surface area contributed by atoms with Crippen LogP contribution in [0.3, 0.4) is 0 Å². The molecule has 0 radical (unpaired) electrons. The smallest absolute Gasteiger partial charge is 0.249 e. The van der Waals surface area contributed by atoms with Crippen LogP contribution in [0, 0.1) is 17.8 Å². The van der Waals surface area contributed by atoms with Gasteiger partial charge in [-0.1, -0.05) is 70.2 Å². The molecule has 3 amide bonds. The summed E-state index contributed by atoms with van der Waals surface area (Å²) in [5.41, 5.74) is -0.996. The van der Waals surface area contributed by atoms with Gasteiger partial charge < -0.3 is 24.5 Å². The van der Waals surface area contributed by atoms with Gasteiger partial charge in [-0.3, -0.25) is 14.4 Å². The van der Waals surface area contributed by atoms with Crippen LogP contribution in [-0.2, 0) is 25.7 Å². The molecule has 1 spiro atoms. The van der Waals surface area contributed by atoms with Gasteiger partial charge in [0.25, 0.3) is 0 Å². The zero-order valence-electron chi connectivity index (χ0n) is 25.1. The second-order valence-corrected chi connectivity index (χ2v) is 12.1. The Hall–Kier alpha value is -2.97. The summed E-state index contributed by atoms with van der Waals surface area (Å²) < 4.78 is 6.96. The van der Waals surface area contributed by atoms with E-state index in [-0.39, 0.29) is 30.2 Å². The van der Waals surface area contributed by atoms with Crippen molar-refractivity contribution in [3.63, 3.8) is 0 Å². The number of rotatable bonds is 14. The van der Waals surface area contributed by atoms with E-state index in [4.69, 9.17) is 4.74 Å². The van der Waals surface area contributed by atoms with Crippen LogP contribution >= 0.6 is 0 Å². The highest BCUT2D eigenvalue weighted by Gasteiger charge is 2.79. The van der Waals surface area contributed by atoms with E-state index in [0.29, 0.717) is 45.4 Å². The first-order valence-electron chi connectivity index (χ1n) is 15.1. The monoisotopic (exact) mass is 565 g/mol. The van der Waals surface area contributed by atoms with E-state index in [9.17, 15) is 19.5 Å². The Kier molecular flexibility index (Phi) is 9.44. The van der Waals surface area contributed by atoms with Gasteiger partial charge in [0.2, 0.25) is 17.7 Å². The number of aliphatic hydroxyl groups is 1. The lowest BCUT2D eigenvalue weighted by Crippen LogP contribution is -2.59. The summed E-state index contributed by atoms with van der Waals surface area (Å²) in [4.78, 5) is 48.6. The van der Waals surface area contributed by atoms with Crippen molar-refractivity contribution < 1.29 is 24.2 Å². The van der Waals surface area contributed by atoms with E-state index in [1.807, 2.05) is 58.0 Å². The fourth-order valence-corrected chi connectivity index (χ4v) is 7.57. The highest BCUT2D eigenvalue weighted by atomic mass is 16.5. The number of carbonyl (C=O) groups is 3. The molecule has 2 unspecified atom stereocenters. The highest BCUT2D eigenvalue weighted by molar-refractivity contribution is 5.99. The summed E-state index contributed by atoms with van der Waals surface area (Å²) in [5.74, 6) is -2.22. The Morgan fingerprint density at radius 1 is 1.10 bits per heavy atom. The Morgan fingerprint density at radius 3 is 2.32 bits per heavy atom. The van der Waals surface area contributed by atoms with E-state index in [1.165, 1.54) is 0 Å². The molecule has 3 aliphatic heterocycles. The number of hydrogen-bond donors (Lipinski definition) is 1. The maximum atomic E-state index is 14.7. The number of carbonyl (C=O) groups excluding carboxylic acids is 3. The van der Waals surface area contributed by atoms with Crippen LogP contribution in [0.4, 0.5) is 0 Å². The molecule has 6 atom stereocenters. The number of fused-ring (bicyclic) bond motifs is 1. The van der Waals surface area contributed by atoms with Crippen molar-refractivity contribution >= 4 is 17.7 Å². The molecular weight excluding hydrogens is 518 g/mol. The van der Waals surface area contributed by atoms with Crippen LogP contribution in [-0.4, -0.2) is 87.1 Å². The van der Waals surface area contributed by atoms with Crippen molar-refractivity contribution in [1.29, 1.82) is 0 Å². The standard InChI is InChI=1S/C33H47N3O5/c1-7-18-34(19-8-2)29(38)26-27-30(39)36(25(22-37)23(5)6)28(33(27)17-16-32(26,10-4)41-33)31(40)35(20-9-3)21-24-14-12-11-13-15-24/h7,9,11-15,23,25-28,37H,1,3,8,10,16-22H2,2,4-6H3/t25-,26-,27-,28?,32+,33?/m0/s1. The van der Waals surface area contributed by atoms with Gasteiger partial charge in [-0.25, -0.2) is 0 Å². The molecule has 41 heavy (non-hydrogen) atoms. The predicted octanol–water partition coefficient (Wildman–Crippen LogP) is 3.80. The Bertz CT molecular complexity index is 1140. The Labute approximate surface area is 245 Å². The van der Waals surface area contributed by atoms with E-state index in [0.717, 1.165) is 12.0 Å². The molecule has 8 nitrogen and oxygen atoms in total. The summed E-state index contributed by atoms with van der Waals surface area (Å²) in [6, 6.07) is 8.18. The highest BCUT2D eigenvalue weighted by Crippen LogP contribution is 2.65. The topological polar surface area (TPSA) is 90.4 Å². The third-order valence-electron chi connectivity index (χ3n) is 9.46. The van der Waals surface area contributed by atoms with Crippen LogP contribution in [0.1, 0.15) is 58.9 Å². The number of aliphatic hydroxyl groups excluding tert-OH is 1. The molecule has 2 bridgehead atoms. The van der Waals surface area contributed by atoms with Gasteiger partial charge >= 0.3 is 0 Å². The van der Waals surface area contributed by atoms with Gasteiger partial charge in [0, 0.05) is 26.2 Å². The first-order chi connectivity index (χ1) is 19.7. The van der Waals surface area contributed by atoms with Crippen molar-refractivity contribution in [2.24, 2.45) is 17.8 Å². The lowest BCUT2D eigenvalue weighted by molar-refractivity contribution is -0.159. The summed E-state index contributed by atoms with van der Waals surface area (Å²) in [6.07, 6.45) is 5.85. The van der Waals surface area contributed by atoms with Gasteiger partial charge in [0.05, 0.1) is 30.1 Å². The summed E-state index contributed by atoms with van der Waals surface area (Å²) in [6.45, 7) is 16.9. The zero-order chi connectivity index (χ0) is 29.9. The minimum absolute atomic E-state index is 0.111. The fourth-order valence-electron chi connectivity index (χ4n) is 7.57. The SMILES string of the molecule is C=CCN(Cc1ccccc1)C(=O)C1N([C@@H](CO)C(C)C)C(=O)[C@@H]2[C@@H](C(=O)N(CC=C)CCC)[C@@]3(CC)CCC12O3. The molecule has 0 aromatic heterocycles. The Balaban J connectivity index is 1.84. The van der Waals surface area contributed by atoms with Crippen LogP contribution in [0.25, 0.3) is 0 Å². The lowest BCUT2D eigenvalue weighted by Gasteiger charge is -2.40. The maximum absolute atomic E-state index is 14.7. The molecule has 0 saturated carbocycles. The van der Waals surface area contributed by atoms with Crippen LogP contribution in [0.2, 0.25) is 0 Å². The van der Waals surface area contributed by atoms with E-state index in [2.05, 4.69) is 13.2 Å². The minimum Gasteiger partial charge on any atom is -0.394 e. The average Bonchev–Trinajstić information content (AvgIpc) is 3.57. The summed E-state index contributed by atoms with van der Waals surface area (Å²) in [5, 5.41) is 10.5. The van der Waals surface area contributed by atoms with E-state index < -0.39 is 35.1 Å².